The van der Waals surface area contributed by atoms with Gasteiger partial charge in [-0.2, -0.15) is 0 Å². The lowest BCUT2D eigenvalue weighted by molar-refractivity contribution is -0.151. The first-order valence-electron chi connectivity index (χ1n) is 8.86. The van der Waals surface area contributed by atoms with E-state index in [-0.39, 0.29) is 18.1 Å². The molecule has 1 amide bonds. The average molecular weight is 374 g/mol. The monoisotopic (exact) mass is 373 g/mol. The number of rotatable bonds is 4. The Morgan fingerprint density at radius 1 is 1.23 bits per heavy atom. The van der Waals surface area contributed by atoms with Crippen LogP contribution in [-0.2, 0) is 9.53 Å². The van der Waals surface area contributed by atoms with Gasteiger partial charge in [-0.1, -0.05) is 48.0 Å². The molecule has 2 aromatic rings. The first-order valence-corrected chi connectivity index (χ1v) is 9.24. The largest absolute Gasteiger partial charge is 0.479 e. The van der Waals surface area contributed by atoms with Gasteiger partial charge in [-0.15, -0.1) is 0 Å². The van der Waals surface area contributed by atoms with Crippen LogP contribution < -0.4 is 4.74 Å². The predicted molar refractivity (Wildman–Crippen MR) is 103 cm³/mol. The Hall–Kier alpha value is -2.04. The Bertz CT molecular complexity index is 779. The Balaban J connectivity index is 1.73. The van der Waals surface area contributed by atoms with Crippen LogP contribution in [-0.4, -0.2) is 36.1 Å². The Kier molecular flexibility index (Phi) is 5.84. The summed E-state index contributed by atoms with van der Waals surface area (Å²) in [6, 6.07) is 15.3. The molecular formula is C21H24ClNO3. The van der Waals surface area contributed by atoms with E-state index < -0.39 is 6.10 Å². The number of amides is 1. The number of hydrogen-bond acceptors (Lipinski definition) is 3. The summed E-state index contributed by atoms with van der Waals surface area (Å²) in [6.07, 6.45) is -0.739. The third kappa shape index (κ3) is 4.02. The number of morpholine rings is 1. The smallest absolute Gasteiger partial charge is 0.263 e. The van der Waals surface area contributed by atoms with Crippen LogP contribution in [0.3, 0.4) is 0 Å². The normalized spacial score (nSPS) is 21.3. The van der Waals surface area contributed by atoms with Crippen molar-refractivity contribution in [2.75, 3.05) is 13.2 Å². The summed E-state index contributed by atoms with van der Waals surface area (Å²) in [5.74, 6) is 0.464. The van der Waals surface area contributed by atoms with E-state index in [1.165, 1.54) is 5.56 Å². The van der Waals surface area contributed by atoms with Crippen LogP contribution in [0.4, 0.5) is 0 Å². The second-order valence-electron chi connectivity index (χ2n) is 6.71. The van der Waals surface area contributed by atoms with Crippen molar-refractivity contribution in [2.24, 2.45) is 0 Å². The molecule has 1 saturated heterocycles. The molecule has 0 radical (unpaired) electrons. The van der Waals surface area contributed by atoms with Crippen LogP contribution in [0, 0.1) is 6.92 Å². The molecule has 0 aromatic heterocycles. The lowest BCUT2D eigenvalue weighted by Crippen LogP contribution is -2.52. The van der Waals surface area contributed by atoms with Gasteiger partial charge in [0.15, 0.2) is 6.10 Å². The minimum atomic E-state index is -0.618. The maximum atomic E-state index is 13.0. The van der Waals surface area contributed by atoms with Crippen molar-refractivity contribution in [3.05, 3.63) is 64.7 Å². The van der Waals surface area contributed by atoms with E-state index in [2.05, 4.69) is 19.1 Å². The fourth-order valence-corrected chi connectivity index (χ4v) is 3.40. The number of nitrogens with zero attached hydrogens (tertiary/aromatic N) is 1. The summed E-state index contributed by atoms with van der Waals surface area (Å²) in [7, 11) is 0. The minimum absolute atomic E-state index is 0.0000589. The lowest BCUT2D eigenvalue weighted by Gasteiger charge is -2.39. The average Bonchev–Trinajstić information content (AvgIpc) is 2.64. The summed E-state index contributed by atoms with van der Waals surface area (Å²) in [5, 5.41) is 0.500. The molecule has 0 bridgehead atoms. The summed E-state index contributed by atoms with van der Waals surface area (Å²) in [6.45, 7) is 6.83. The topological polar surface area (TPSA) is 38.8 Å². The van der Waals surface area contributed by atoms with Crippen molar-refractivity contribution < 1.29 is 14.3 Å². The van der Waals surface area contributed by atoms with Crippen molar-refractivity contribution in [3.8, 4) is 5.75 Å². The quantitative estimate of drug-likeness (QED) is 0.797. The summed E-state index contributed by atoms with van der Waals surface area (Å²) >= 11 is 6.14. The van der Waals surface area contributed by atoms with E-state index >= 15 is 0 Å². The van der Waals surface area contributed by atoms with Crippen molar-refractivity contribution in [2.45, 2.75) is 39.0 Å². The molecule has 0 unspecified atom stereocenters. The Morgan fingerprint density at radius 2 is 1.92 bits per heavy atom. The second-order valence-corrected chi connectivity index (χ2v) is 7.12. The van der Waals surface area contributed by atoms with Gasteiger partial charge < -0.3 is 14.4 Å². The van der Waals surface area contributed by atoms with E-state index in [0.717, 1.165) is 5.56 Å². The van der Waals surface area contributed by atoms with Gasteiger partial charge in [0.05, 0.1) is 24.2 Å². The van der Waals surface area contributed by atoms with E-state index in [1.807, 2.05) is 36.1 Å². The molecule has 1 aliphatic rings. The number of carbonyl (C=O) groups is 1. The number of aryl methyl sites for hydroxylation is 1. The molecule has 5 heteroatoms. The van der Waals surface area contributed by atoms with E-state index in [9.17, 15) is 4.79 Å². The Morgan fingerprint density at radius 3 is 2.65 bits per heavy atom. The van der Waals surface area contributed by atoms with Crippen molar-refractivity contribution in [3.63, 3.8) is 0 Å². The molecule has 0 aliphatic carbocycles. The van der Waals surface area contributed by atoms with Crippen molar-refractivity contribution in [1.82, 2.24) is 4.90 Å². The first kappa shape index (κ1) is 18.7. The zero-order valence-electron chi connectivity index (χ0n) is 15.3. The third-order valence-corrected chi connectivity index (χ3v) is 5.05. The fourth-order valence-electron chi connectivity index (χ4n) is 3.21. The summed E-state index contributed by atoms with van der Waals surface area (Å²) in [4.78, 5) is 14.8. The highest BCUT2D eigenvalue weighted by Gasteiger charge is 2.34. The highest BCUT2D eigenvalue weighted by Crippen LogP contribution is 2.29. The van der Waals surface area contributed by atoms with E-state index in [4.69, 9.17) is 21.1 Å². The summed E-state index contributed by atoms with van der Waals surface area (Å²) < 4.78 is 11.8. The van der Waals surface area contributed by atoms with Crippen LogP contribution in [0.2, 0.25) is 5.02 Å². The number of ether oxygens (including phenoxy) is 2. The van der Waals surface area contributed by atoms with Crippen LogP contribution in [0.15, 0.2) is 48.5 Å². The molecule has 138 valence electrons. The fraction of sp³-hybridized carbons (Fsp3) is 0.381. The van der Waals surface area contributed by atoms with Gasteiger partial charge in [0.1, 0.15) is 11.9 Å². The molecule has 0 saturated carbocycles. The molecule has 0 spiro atoms. The molecule has 1 fully saturated rings. The number of para-hydroxylation sites is 1. The van der Waals surface area contributed by atoms with Gasteiger partial charge in [0, 0.05) is 0 Å². The molecule has 3 rings (SSSR count). The molecule has 2 aromatic carbocycles. The third-order valence-electron chi connectivity index (χ3n) is 4.74. The van der Waals surface area contributed by atoms with Crippen LogP contribution in [0.1, 0.15) is 31.1 Å². The standard InChI is InChI=1S/C21H24ClNO3/c1-14-8-4-5-9-17(14)20-12-23(15(2)13-25-20)21(24)16(3)26-19-11-7-6-10-18(19)22/h4-11,15-16,20H,12-13H2,1-3H3/t15-,16-,20-/m0/s1. The SMILES string of the molecule is Cc1ccccc1[C@@H]1CN(C(=O)[C@H](C)Oc2ccccc2Cl)[C@@H](C)CO1. The molecular weight excluding hydrogens is 350 g/mol. The molecule has 26 heavy (non-hydrogen) atoms. The van der Waals surface area contributed by atoms with Gasteiger partial charge in [-0.05, 0) is 44.0 Å². The molecule has 3 atom stereocenters. The zero-order chi connectivity index (χ0) is 18.7. The zero-order valence-corrected chi connectivity index (χ0v) is 16.1. The highest BCUT2D eigenvalue weighted by molar-refractivity contribution is 6.32. The summed E-state index contributed by atoms with van der Waals surface area (Å²) in [5.41, 5.74) is 2.29. The number of hydrogen-bond donors (Lipinski definition) is 0. The molecule has 1 aliphatic heterocycles. The van der Waals surface area contributed by atoms with Crippen molar-refractivity contribution in [1.29, 1.82) is 0 Å². The number of halogens is 1. The number of carbonyl (C=O) groups excluding carboxylic acids is 1. The predicted octanol–water partition coefficient (Wildman–Crippen LogP) is 4.40. The van der Waals surface area contributed by atoms with E-state index in [0.29, 0.717) is 23.9 Å². The first-order chi connectivity index (χ1) is 12.5. The maximum Gasteiger partial charge on any atom is 0.263 e. The maximum absolute atomic E-state index is 13.0. The van der Waals surface area contributed by atoms with Crippen molar-refractivity contribution >= 4 is 17.5 Å². The van der Waals surface area contributed by atoms with Crippen LogP contribution in [0.25, 0.3) is 0 Å². The second kappa shape index (κ2) is 8.11. The van der Waals surface area contributed by atoms with Gasteiger partial charge in [0.25, 0.3) is 5.91 Å². The van der Waals surface area contributed by atoms with Gasteiger partial charge in [0.2, 0.25) is 0 Å². The Labute approximate surface area is 159 Å². The number of benzene rings is 2. The minimum Gasteiger partial charge on any atom is -0.479 e. The molecule has 1 heterocycles. The highest BCUT2D eigenvalue weighted by atomic mass is 35.5. The molecule has 4 nitrogen and oxygen atoms in total. The lowest BCUT2D eigenvalue weighted by atomic mass is 10.0. The molecule has 0 N–H and O–H groups in total. The van der Waals surface area contributed by atoms with Crippen LogP contribution >= 0.6 is 11.6 Å². The van der Waals surface area contributed by atoms with Crippen LogP contribution in [0.5, 0.6) is 5.75 Å². The van der Waals surface area contributed by atoms with Gasteiger partial charge >= 0.3 is 0 Å². The van der Waals surface area contributed by atoms with E-state index in [1.54, 1.807) is 19.1 Å². The van der Waals surface area contributed by atoms with Gasteiger partial charge in [-0.3, -0.25) is 4.79 Å². The van der Waals surface area contributed by atoms with Gasteiger partial charge in [-0.25, -0.2) is 0 Å².